The molecular formula is C46H38N4O. The van der Waals surface area contributed by atoms with Gasteiger partial charge in [0.25, 0.3) is 0 Å². The number of fused-ring (bicyclic) bond motifs is 12. The lowest BCUT2D eigenvalue weighted by molar-refractivity contribution is 0.668. The maximum absolute atomic E-state index is 6.97. The lowest BCUT2D eigenvalue weighted by atomic mass is 10.0. The summed E-state index contributed by atoms with van der Waals surface area (Å²) in [7, 11) is 4.25. The topological polar surface area (TPSA) is 51.7 Å². The van der Waals surface area contributed by atoms with Gasteiger partial charge in [-0.2, -0.15) is 0 Å². The van der Waals surface area contributed by atoms with E-state index >= 15 is 0 Å². The largest absolute Gasteiger partial charge is 0.456 e. The van der Waals surface area contributed by atoms with Gasteiger partial charge in [0.1, 0.15) is 11.2 Å². The third-order valence-electron chi connectivity index (χ3n) is 10.3. The number of furan rings is 1. The molecule has 5 nitrogen and oxygen atoms in total. The Labute approximate surface area is 296 Å². The lowest BCUT2D eigenvalue weighted by Gasteiger charge is -2.08. The minimum Gasteiger partial charge on any atom is -0.456 e. The van der Waals surface area contributed by atoms with E-state index in [1.54, 1.807) is 0 Å². The van der Waals surface area contributed by atoms with Crippen molar-refractivity contribution >= 4 is 56.4 Å². The monoisotopic (exact) mass is 662 g/mol. The molecule has 1 aliphatic rings. The Balaban J connectivity index is 1.48. The third-order valence-corrected chi connectivity index (χ3v) is 10.3. The molecule has 0 atom stereocenters. The van der Waals surface area contributed by atoms with Crippen molar-refractivity contribution in [3.05, 3.63) is 149 Å². The van der Waals surface area contributed by atoms with Crippen LogP contribution in [0.15, 0.2) is 126 Å². The van der Waals surface area contributed by atoms with Crippen molar-refractivity contribution in [1.82, 2.24) is 19.1 Å². The minimum atomic E-state index is 0.807. The van der Waals surface area contributed by atoms with Gasteiger partial charge >= 0.3 is 0 Å². The molecular weight excluding hydrogens is 625 g/mol. The highest BCUT2D eigenvalue weighted by Gasteiger charge is 2.17. The van der Waals surface area contributed by atoms with Gasteiger partial charge in [0.15, 0.2) is 0 Å². The highest BCUT2D eigenvalue weighted by atomic mass is 16.3. The maximum Gasteiger partial charge on any atom is 0.137 e. The summed E-state index contributed by atoms with van der Waals surface area (Å²) < 4.78 is 11.5. The number of benzene rings is 3. The second-order valence-electron chi connectivity index (χ2n) is 13.7. The summed E-state index contributed by atoms with van der Waals surface area (Å²) in [4.78, 5) is 9.06. The van der Waals surface area contributed by atoms with Crippen molar-refractivity contribution < 1.29 is 4.42 Å². The van der Waals surface area contributed by atoms with Crippen molar-refractivity contribution in [3.8, 4) is 33.4 Å². The zero-order chi connectivity index (χ0) is 34.8. The van der Waals surface area contributed by atoms with Gasteiger partial charge in [0.05, 0.1) is 39.0 Å². The van der Waals surface area contributed by atoms with Crippen LogP contribution >= 0.6 is 0 Å². The standard InChI is InChI=1S/C46H38N4O/c1-28-6-12-31(13-7-28)44-36-20-18-34(47-36)38-22-24-40(49(38)4)45(32-14-8-29(2)9-15-32)42-26-27-43(51-42)46(33-16-10-30(3)11-17-33)41-25-23-39(50(41)5)35-19-21-37(44)48-35/h6-27,47H,1-5H3. The van der Waals surface area contributed by atoms with E-state index < -0.39 is 0 Å². The summed E-state index contributed by atoms with van der Waals surface area (Å²) in [5, 5.41) is 0. The molecule has 5 aromatic heterocycles. The van der Waals surface area contributed by atoms with E-state index in [1.807, 2.05) is 0 Å². The van der Waals surface area contributed by atoms with Crippen LogP contribution in [0, 0.1) is 20.8 Å². The molecule has 51 heavy (non-hydrogen) atoms. The molecule has 0 fully saturated rings. The number of nitrogens with one attached hydrogen (secondary N) is 1. The number of aromatic nitrogens is 4. The van der Waals surface area contributed by atoms with Crippen molar-refractivity contribution in [1.29, 1.82) is 0 Å². The third kappa shape index (κ3) is 5.21. The van der Waals surface area contributed by atoms with Crippen LogP contribution in [-0.4, -0.2) is 19.1 Å². The fraction of sp³-hybridized carbons (Fsp3) is 0.109. The molecule has 0 amide bonds. The summed E-state index contributed by atoms with van der Waals surface area (Å²) in [5.74, 6) is 0. The lowest BCUT2D eigenvalue weighted by Crippen LogP contribution is -1.92. The summed E-state index contributed by atoms with van der Waals surface area (Å²) in [5.41, 5.74) is 19.8. The van der Waals surface area contributed by atoms with Crippen LogP contribution in [0.3, 0.4) is 0 Å². The van der Waals surface area contributed by atoms with Gasteiger partial charge in [-0.3, -0.25) is 0 Å². The van der Waals surface area contributed by atoms with Crippen LogP contribution in [0.4, 0.5) is 0 Å². The smallest absolute Gasteiger partial charge is 0.137 e. The number of hydrogen-bond donors (Lipinski definition) is 1. The Kier molecular flexibility index (Phi) is 7.18. The van der Waals surface area contributed by atoms with E-state index in [0.29, 0.717) is 0 Å². The quantitative estimate of drug-likeness (QED) is 0.205. The molecule has 0 saturated carbocycles. The van der Waals surface area contributed by atoms with E-state index in [2.05, 4.69) is 182 Å². The number of aromatic amines is 1. The SMILES string of the molecule is Cc1ccc(-c2c3nc(c4ccc(c(-c5ccc(C)cc5)c5ccc(o5)c(-c5ccc(C)cc5)c5ccc(c6ccc2[nH]6)n5C)n4C)C=C3)cc1. The first-order valence-corrected chi connectivity index (χ1v) is 17.4. The molecule has 1 N–H and O–H groups in total. The normalized spacial score (nSPS) is 11.9. The summed E-state index contributed by atoms with van der Waals surface area (Å²) in [6.07, 6.45) is 4.27. The second-order valence-corrected chi connectivity index (χ2v) is 13.7. The predicted molar refractivity (Wildman–Crippen MR) is 214 cm³/mol. The molecule has 1 aliphatic heterocycles. The average Bonchev–Trinajstić information content (AvgIpc) is 3.98. The van der Waals surface area contributed by atoms with Crippen LogP contribution in [0.5, 0.6) is 0 Å². The highest BCUT2D eigenvalue weighted by molar-refractivity contribution is 5.99. The van der Waals surface area contributed by atoms with Crippen molar-refractivity contribution in [2.45, 2.75) is 20.8 Å². The van der Waals surface area contributed by atoms with Crippen LogP contribution in [0.1, 0.15) is 28.1 Å². The zero-order valence-corrected chi connectivity index (χ0v) is 29.5. The van der Waals surface area contributed by atoms with Gasteiger partial charge in [0, 0.05) is 36.3 Å². The first-order valence-electron chi connectivity index (χ1n) is 17.4. The van der Waals surface area contributed by atoms with E-state index in [1.165, 1.54) is 16.7 Å². The molecule has 9 rings (SSSR count). The number of nitrogens with zero attached hydrogens (tertiary/aromatic N) is 3. The number of aryl methyl sites for hydroxylation is 5. The maximum atomic E-state index is 6.97. The van der Waals surface area contributed by atoms with Crippen LogP contribution < -0.4 is 0 Å². The van der Waals surface area contributed by atoms with Gasteiger partial charge in [-0.15, -0.1) is 0 Å². The Morgan fingerprint density at radius 3 is 1.41 bits per heavy atom. The molecule has 3 aromatic carbocycles. The molecule has 0 spiro atoms. The van der Waals surface area contributed by atoms with Gasteiger partial charge in [-0.05, 0) is 98.1 Å². The zero-order valence-electron chi connectivity index (χ0n) is 29.5. The number of rotatable bonds is 3. The van der Waals surface area contributed by atoms with Crippen LogP contribution in [-0.2, 0) is 14.1 Å². The fourth-order valence-corrected chi connectivity index (χ4v) is 7.43. The molecule has 248 valence electrons. The first kappa shape index (κ1) is 30.7. The fourth-order valence-electron chi connectivity index (χ4n) is 7.43. The summed E-state index contributed by atoms with van der Waals surface area (Å²) in [6.45, 7) is 6.36. The van der Waals surface area contributed by atoms with E-state index in [0.717, 1.165) is 89.0 Å². The van der Waals surface area contributed by atoms with Gasteiger partial charge in [-0.25, -0.2) is 4.98 Å². The summed E-state index contributed by atoms with van der Waals surface area (Å²) in [6, 6.07) is 43.4. The van der Waals surface area contributed by atoms with Crippen molar-refractivity contribution in [2.75, 3.05) is 0 Å². The van der Waals surface area contributed by atoms with Gasteiger partial charge in [0.2, 0.25) is 0 Å². The predicted octanol–water partition coefficient (Wildman–Crippen LogP) is 12.0. The van der Waals surface area contributed by atoms with Gasteiger partial charge in [-0.1, -0.05) is 89.5 Å². The molecule has 0 saturated heterocycles. The molecule has 10 bridgehead atoms. The first-order chi connectivity index (χ1) is 24.8. The number of hydrogen-bond acceptors (Lipinski definition) is 2. The van der Waals surface area contributed by atoms with Crippen LogP contribution in [0.2, 0.25) is 0 Å². The Bertz CT molecular complexity index is 2820. The average molecular weight is 663 g/mol. The number of H-pyrrole nitrogens is 1. The van der Waals surface area contributed by atoms with Crippen LogP contribution in [0.25, 0.3) is 89.8 Å². The molecule has 8 aromatic rings. The molecule has 0 unspecified atom stereocenters. The van der Waals surface area contributed by atoms with E-state index in [4.69, 9.17) is 9.40 Å². The van der Waals surface area contributed by atoms with E-state index in [-0.39, 0.29) is 0 Å². The Morgan fingerprint density at radius 2 is 0.863 bits per heavy atom. The molecule has 0 radical (unpaired) electrons. The van der Waals surface area contributed by atoms with Crippen molar-refractivity contribution in [3.63, 3.8) is 0 Å². The van der Waals surface area contributed by atoms with Crippen molar-refractivity contribution in [2.24, 2.45) is 14.1 Å². The Morgan fingerprint density at radius 1 is 0.431 bits per heavy atom. The highest BCUT2D eigenvalue weighted by Crippen LogP contribution is 2.37. The van der Waals surface area contributed by atoms with E-state index in [9.17, 15) is 0 Å². The minimum absolute atomic E-state index is 0.807. The Hall–Kier alpha value is -6.33. The second kappa shape index (κ2) is 11.9. The summed E-state index contributed by atoms with van der Waals surface area (Å²) >= 11 is 0. The molecule has 0 aliphatic carbocycles. The molecule has 6 heterocycles. The van der Waals surface area contributed by atoms with Gasteiger partial charge < -0.3 is 18.5 Å². The molecule has 5 heteroatoms.